The standard InChI is InChI=1S/C15H14BrF2NO2/c1-20-10-2-4-11(5-3-10)21-7-6-19-15-8-12(16)13(17)9-14(15)18/h2-5,8-9,19H,6-7H2,1H3. The van der Waals surface area contributed by atoms with E-state index in [1.54, 1.807) is 31.4 Å². The van der Waals surface area contributed by atoms with E-state index in [0.717, 1.165) is 11.8 Å². The molecule has 6 heteroatoms. The van der Waals surface area contributed by atoms with Crippen LogP contribution in [0.2, 0.25) is 0 Å². The Balaban J connectivity index is 1.83. The lowest BCUT2D eigenvalue weighted by molar-refractivity contribution is 0.331. The second kappa shape index (κ2) is 7.26. The Bertz CT molecular complexity index is 605. The average molecular weight is 358 g/mol. The van der Waals surface area contributed by atoms with E-state index >= 15 is 0 Å². The Hall–Kier alpha value is -1.82. The van der Waals surface area contributed by atoms with Gasteiger partial charge in [-0.05, 0) is 46.3 Å². The van der Waals surface area contributed by atoms with Gasteiger partial charge in [-0.15, -0.1) is 0 Å². The summed E-state index contributed by atoms with van der Waals surface area (Å²) < 4.78 is 37.3. The molecule has 0 heterocycles. The Morgan fingerprint density at radius 1 is 1.05 bits per heavy atom. The fourth-order valence-electron chi connectivity index (χ4n) is 1.68. The fraction of sp³-hybridized carbons (Fsp3) is 0.200. The van der Waals surface area contributed by atoms with Crippen LogP contribution in [0.3, 0.4) is 0 Å². The maximum Gasteiger partial charge on any atom is 0.149 e. The fourth-order valence-corrected chi connectivity index (χ4v) is 2.03. The number of methoxy groups -OCH3 is 1. The zero-order valence-electron chi connectivity index (χ0n) is 11.3. The van der Waals surface area contributed by atoms with Crippen LogP contribution in [0.4, 0.5) is 14.5 Å². The van der Waals surface area contributed by atoms with Crippen molar-refractivity contribution < 1.29 is 18.3 Å². The Morgan fingerprint density at radius 3 is 2.38 bits per heavy atom. The predicted octanol–water partition coefficient (Wildman–Crippen LogP) is 4.23. The first-order valence-corrected chi connectivity index (χ1v) is 7.04. The number of hydrogen-bond acceptors (Lipinski definition) is 3. The highest BCUT2D eigenvalue weighted by Crippen LogP contribution is 2.23. The summed E-state index contributed by atoms with van der Waals surface area (Å²) in [6.45, 7) is 0.738. The zero-order valence-corrected chi connectivity index (χ0v) is 12.9. The van der Waals surface area contributed by atoms with E-state index in [1.807, 2.05) is 0 Å². The lowest BCUT2D eigenvalue weighted by Crippen LogP contribution is -2.12. The Morgan fingerprint density at radius 2 is 1.71 bits per heavy atom. The van der Waals surface area contributed by atoms with Gasteiger partial charge < -0.3 is 14.8 Å². The molecule has 2 rings (SSSR count). The van der Waals surface area contributed by atoms with Crippen LogP contribution >= 0.6 is 15.9 Å². The highest BCUT2D eigenvalue weighted by Gasteiger charge is 2.07. The summed E-state index contributed by atoms with van der Waals surface area (Å²) in [7, 11) is 1.59. The molecular weight excluding hydrogens is 344 g/mol. The molecule has 2 aromatic carbocycles. The van der Waals surface area contributed by atoms with E-state index in [9.17, 15) is 8.78 Å². The van der Waals surface area contributed by atoms with Crippen molar-refractivity contribution in [2.45, 2.75) is 0 Å². The summed E-state index contributed by atoms with van der Waals surface area (Å²) in [6.07, 6.45) is 0. The molecule has 0 radical (unpaired) electrons. The molecular formula is C15H14BrF2NO2. The highest BCUT2D eigenvalue weighted by atomic mass is 79.9. The maximum atomic E-state index is 13.5. The van der Waals surface area contributed by atoms with E-state index in [2.05, 4.69) is 21.2 Å². The first-order chi connectivity index (χ1) is 10.1. The van der Waals surface area contributed by atoms with Crippen molar-refractivity contribution in [1.29, 1.82) is 0 Å². The highest BCUT2D eigenvalue weighted by molar-refractivity contribution is 9.10. The quantitative estimate of drug-likeness (QED) is 0.619. The van der Waals surface area contributed by atoms with Crippen LogP contribution in [0.15, 0.2) is 40.9 Å². The average Bonchev–Trinajstić information content (AvgIpc) is 2.49. The van der Waals surface area contributed by atoms with E-state index < -0.39 is 11.6 Å². The molecule has 0 fully saturated rings. The van der Waals surface area contributed by atoms with Crippen molar-refractivity contribution >= 4 is 21.6 Å². The molecule has 0 aliphatic rings. The third-order valence-electron chi connectivity index (χ3n) is 2.76. The summed E-state index contributed by atoms with van der Waals surface area (Å²) in [5.41, 5.74) is 0.224. The van der Waals surface area contributed by atoms with Gasteiger partial charge in [0.15, 0.2) is 0 Å². The van der Waals surface area contributed by atoms with Gasteiger partial charge in [0.1, 0.15) is 29.7 Å². The van der Waals surface area contributed by atoms with E-state index in [0.29, 0.717) is 18.9 Å². The molecule has 1 N–H and O–H groups in total. The molecule has 0 aliphatic carbocycles. The molecule has 0 spiro atoms. The molecule has 0 bridgehead atoms. The first kappa shape index (κ1) is 15.6. The minimum atomic E-state index is -0.639. The molecule has 3 nitrogen and oxygen atoms in total. The van der Waals surface area contributed by atoms with Crippen LogP contribution in [0.5, 0.6) is 11.5 Å². The normalized spacial score (nSPS) is 10.3. The number of rotatable bonds is 6. The van der Waals surface area contributed by atoms with Crippen LogP contribution < -0.4 is 14.8 Å². The lowest BCUT2D eigenvalue weighted by Gasteiger charge is -2.10. The lowest BCUT2D eigenvalue weighted by atomic mass is 10.3. The smallest absolute Gasteiger partial charge is 0.149 e. The molecule has 0 aromatic heterocycles. The van der Waals surface area contributed by atoms with Gasteiger partial charge in [0.25, 0.3) is 0 Å². The topological polar surface area (TPSA) is 30.5 Å². The summed E-state index contributed by atoms with van der Waals surface area (Å²) in [5.74, 6) is 0.171. The molecule has 0 aliphatic heterocycles. The van der Waals surface area contributed by atoms with Crippen LogP contribution in [-0.4, -0.2) is 20.3 Å². The molecule has 0 atom stereocenters. The second-order valence-corrected chi connectivity index (χ2v) is 5.05. The zero-order chi connectivity index (χ0) is 15.2. The van der Waals surface area contributed by atoms with E-state index in [4.69, 9.17) is 9.47 Å². The summed E-state index contributed by atoms with van der Waals surface area (Å²) in [6, 6.07) is 9.34. The number of nitrogens with one attached hydrogen (secondary N) is 1. The monoisotopic (exact) mass is 357 g/mol. The maximum absolute atomic E-state index is 13.5. The summed E-state index contributed by atoms with van der Waals surface area (Å²) in [5, 5.41) is 2.85. The van der Waals surface area contributed by atoms with Crippen molar-refractivity contribution in [3.8, 4) is 11.5 Å². The Kier molecular flexibility index (Phi) is 5.38. The van der Waals surface area contributed by atoms with E-state index in [-0.39, 0.29) is 10.2 Å². The molecule has 0 saturated carbocycles. The minimum Gasteiger partial charge on any atom is -0.497 e. The van der Waals surface area contributed by atoms with Gasteiger partial charge in [-0.1, -0.05) is 0 Å². The van der Waals surface area contributed by atoms with Crippen LogP contribution in [0, 0.1) is 11.6 Å². The van der Waals surface area contributed by atoms with Gasteiger partial charge >= 0.3 is 0 Å². The first-order valence-electron chi connectivity index (χ1n) is 6.25. The van der Waals surface area contributed by atoms with Crippen molar-refractivity contribution in [2.75, 3.05) is 25.6 Å². The Labute approximate surface area is 130 Å². The number of hydrogen-bond donors (Lipinski definition) is 1. The van der Waals surface area contributed by atoms with Gasteiger partial charge in [-0.25, -0.2) is 8.78 Å². The third kappa shape index (κ3) is 4.32. The molecule has 112 valence electrons. The van der Waals surface area contributed by atoms with Crippen LogP contribution in [0.1, 0.15) is 0 Å². The van der Waals surface area contributed by atoms with Crippen molar-refractivity contribution in [3.05, 3.63) is 52.5 Å². The molecule has 21 heavy (non-hydrogen) atoms. The largest absolute Gasteiger partial charge is 0.497 e. The van der Waals surface area contributed by atoms with Crippen LogP contribution in [-0.2, 0) is 0 Å². The van der Waals surface area contributed by atoms with Gasteiger partial charge in [-0.3, -0.25) is 0 Å². The van der Waals surface area contributed by atoms with Crippen molar-refractivity contribution in [3.63, 3.8) is 0 Å². The van der Waals surface area contributed by atoms with Gasteiger partial charge in [0, 0.05) is 12.6 Å². The van der Waals surface area contributed by atoms with Crippen molar-refractivity contribution in [2.24, 2.45) is 0 Å². The molecule has 0 unspecified atom stereocenters. The van der Waals surface area contributed by atoms with Gasteiger partial charge in [-0.2, -0.15) is 0 Å². The predicted molar refractivity (Wildman–Crippen MR) is 81.0 cm³/mol. The van der Waals surface area contributed by atoms with E-state index in [1.165, 1.54) is 6.07 Å². The third-order valence-corrected chi connectivity index (χ3v) is 3.36. The number of ether oxygens (including phenoxy) is 2. The molecule has 0 saturated heterocycles. The molecule has 2 aromatic rings. The number of anilines is 1. The summed E-state index contributed by atoms with van der Waals surface area (Å²) in [4.78, 5) is 0. The number of benzene rings is 2. The summed E-state index contributed by atoms with van der Waals surface area (Å²) >= 11 is 3.01. The second-order valence-electron chi connectivity index (χ2n) is 4.20. The van der Waals surface area contributed by atoms with Gasteiger partial charge in [0.05, 0.1) is 17.3 Å². The van der Waals surface area contributed by atoms with Gasteiger partial charge in [0.2, 0.25) is 0 Å². The van der Waals surface area contributed by atoms with Crippen LogP contribution in [0.25, 0.3) is 0 Å². The minimum absolute atomic E-state index is 0.211. The molecule has 0 amide bonds. The SMILES string of the molecule is COc1ccc(OCCNc2cc(Br)c(F)cc2F)cc1. The van der Waals surface area contributed by atoms with Crippen molar-refractivity contribution in [1.82, 2.24) is 0 Å². The number of halogens is 3.